The minimum absolute atomic E-state index is 0.203. The SMILES string of the molecule is C[Si](C)(C)Oc1ccc(O[Si](C)(C)C)c2c1C1c3ccccc3C2c2ccccc21. The number of hydrogen-bond donors (Lipinski definition) is 0. The Morgan fingerprint density at radius 3 is 1.07 bits per heavy atom. The average molecular weight is 431 g/mol. The van der Waals surface area contributed by atoms with Gasteiger partial charge in [-0.05, 0) is 73.7 Å². The highest BCUT2D eigenvalue weighted by Gasteiger charge is 2.45. The van der Waals surface area contributed by atoms with E-state index in [1.807, 2.05) is 0 Å². The Morgan fingerprint density at radius 2 is 0.800 bits per heavy atom. The summed E-state index contributed by atoms with van der Waals surface area (Å²) >= 11 is 0. The average Bonchev–Trinajstić information content (AvgIpc) is 2.67. The fraction of sp³-hybridized carbons (Fsp3) is 0.308. The maximum absolute atomic E-state index is 6.66. The maximum atomic E-state index is 6.66. The quantitative estimate of drug-likeness (QED) is 0.283. The molecule has 0 radical (unpaired) electrons. The molecule has 0 saturated heterocycles. The zero-order valence-electron chi connectivity index (χ0n) is 18.7. The Hall–Kier alpha value is -2.31. The van der Waals surface area contributed by atoms with Crippen molar-refractivity contribution in [3.05, 3.63) is 94.0 Å². The van der Waals surface area contributed by atoms with Crippen LogP contribution in [-0.2, 0) is 0 Å². The summed E-state index contributed by atoms with van der Waals surface area (Å²) in [7, 11) is -3.53. The van der Waals surface area contributed by atoms with Gasteiger partial charge in [0.1, 0.15) is 11.5 Å². The Kier molecular flexibility index (Phi) is 4.32. The minimum atomic E-state index is -1.76. The predicted octanol–water partition coefficient (Wildman–Crippen LogP) is 7.10. The molecule has 0 spiro atoms. The van der Waals surface area contributed by atoms with Crippen LogP contribution in [0.5, 0.6) is 11.5 Å². The van der Waals surface area contributed by atoms with Gasteiger partial charge in [-0.25, -0.2) is 0 Å². The number of rotatable bonds is 4. The molecule has 0 atom stereocenters. The van der Waals surface area contributed by atoms with Gasteiger partial charge >= 0.3 is 0 Å². The molecule has 3 aromatic carbocycles. The summed E-state index contributed by atoms with van der Waals surface area (Å²) in [4.78, 5) is 0. The van der Waals surface area contributed by atoms with Gasteiger partial charge in [0.15, 0.2) is 0 Å². The minimum Gasteiger partial charge on any atom is -0.544 e. The molecule has 0 aliphatic heterocycles. The first-order valence-electron chi connectivity index (χ1n) is 10.9. The Balaban J connectivity index is 1.83. The zero-order chi connectivity index (χ0) is 21.3. The second-order valence-electron chi connectivity index (χ2n) is 10.4. The highest BCUT2D eigenvalue weighted by atomic mass is 28.4. The van der Waals surface area contributed by atoms with Gasteiger partial charge in [-0.15, -0.1) is 0 Å². The molecule has 3 aromatic rings. The molecule has 0 heterocycles. The highest BCUT2D eigenvalue weighted by Crippen LogP contribution is 2.60. The van der Waals surface area contributed by atoms with E-state index < -0.39 is 16.6 Å². The standard InChI is InChI=1S/C26H30O2Si2/c1-29(2,3)27-21-15-16-22(28-30(4,5)6)26-24-19-13-9-7-11-17(19)23(25(21)26)18-12-8-10-14-20(18)24/h7-16,23-24H,1-6H3. The summed E-state index contributed by atoms with van der Waals surface area (Å²) in [5.41, 5.74) is 8.32. The summed E-state index contributed by atoms with van der Waals surface area (Å²) < 4.78 is 13.3. The molecule has 3 aliphatic carbocycles. The van der Waals surface area contributed by atoms with Crippen molar-refractivity contribution in [3.8, 4) is 11.5 Å². The molecule has 0 amide bonds. The lowest BCUT2D eigenvalue weighted by atomic mass is 9.61. The Bertz CT molecular complexity index is 1000. The van der Waals surface area contributed by atoms with E-state index in [1.54, 1.807) is 0 Å². The monoisotopic (exact) mass is 430 g/mol. The molecule has 0 fully saturated rings. The van der Waals surface area contributed by atoms with Crippen LogP contribution < -0.4 is 8.85 Å². The van der Waals surface area contributed by atoms with Crippen molar-refractivity contribution in [1.29, 1.82) is 0 Å². The van der Waals surface area contributed by atoms with Gasteiger partial charge in [-0.2, -0.15) is 0 Å². The summed E-state index contributed by atoms with van der Waals surface area (Å²) in [6.45, 7) is 13.6. The van der Waals surface area contributed by atoms with Gasteiger partial charge in [0.05, 0.1) is 0 Å². The van der Waals surface area contributed by atoms with Crippen molar-refractivity contribution in [2.45, 2.75) is 51.1 Å². The van der Waals surface area contributed by atoms with Crippen molar-refractivity contribution in [2.75, 3.05) is 0 Å². The van der Waals surface area contributed by atoms with E-state index in [0.29, 0.717) is 0 Å². The molecule has 2 bridgehead atoms. The van der Waals surface area contributed by atoms with Crippen LogP contribution in [0.25, 0.3) is 0 Å². The molecule has 2 nitrogen and oxygen atoms in total. The van der Waals surface area contributed by atoms with Gasteiger partial charge in [0.25, 0.3) is 0 Å². The fourth-order valence-corrected chi connectivity index (χ4v) is 6.74. The van der Waals surface area contributed by atoms with E-state index in [4.69, 9.17) is 8.85 Å². The summed E-state index contributed by atoms with van der Waals surface area (Å²) in [6.07, 6.45) is 0. The fourth-order valence-electron chi connectivity index (χ4n) is 5.06. The van der Waals surface area contributed by atoms with Crippen molar-refractivity contribution in [2.24, 2.45) is 0 Å². The molecular formula is C26H30O2Si2. The molecule has 0 unspecified atom stereocenters. The van der Waals surface area contributed by atoms with Crippen LogP contribution in [0.15, 0.2) is 60.7 Å². The summed E-state index contributed by atoms with van der Waals surface area (Å²) in [5.74, 6) is 2.50. The second-order valence-corrected chi connectivity index (χ2v) is 19.3. The normalized spacial score (nSPS) is 19.0. The third kappa shape index (κ3) is 3.14. The first-order chi connectivity index (χ1) is 14.1. The number of benzene rings is 3. The van der Waals surface area contributed by atoms with E-state index in [1.165, 1.54) is 33.4 Å². The lowest BCUT2D eigenvalue weighted by Crippen LogP contribution is -2.35. The predicted molar refractivity (Wildman–Crippen MR) is 129 cm³/mol. The molecule has 0 aromatic heterocycles. The van der Waals surface area contributed by atoms with Crippen LogP contribution in [0.1, 0.15) is 45.2 Å². The molecular weight excluding hydrogens is 400 g/mol. The maximum Gasteiger partial charge on any atom is 0.242 e. The molecule has 6 rings (SSSR count). The van der Waals surface area contributed by atoms with Gasteiger partial charge in [0.2, 0.25) is 16.6 Å². The molecule has 3 aliphatic rings. The summed E-state index contributed by atoms with van der Waals surface area (Å²) in [5, 5.41) is 0. The van der Waals surface area contributed by atoms with E-state index in [9.17, 15) is 0 Å². The van der Waals surface area contributed by atoms with E-state index in [0.717, 1.165) is 11.5 Å². The molecule has 154 valence electrons. The van der Waals surface area contributed by atoms with Crippen LogP contribution in [0.3, 0.4) is 0 Å². The van der Waals surface area contributed by atoms with Crippen LogP contribution in [0.4, 0.5) is 0 Å². The third-order valence-electron chi connectivity index (χ3n) is 5.85. The van der Waals surface area contributed by atoms with Gasteiger partial charge < -0.3 is 8.85 Å². The number of hydrogen-bond acceptors (Lipinski definition) is 2. The molecule has 30 heavy (non-hydrogen) atoms. The van der Waals surface area contributed by atoms with E-state index in [-0.39, 0.29) is 11.8 Å². The second kappa shape index (κ2) is 6.59. The van der Waals surface area contributed by atoms with E-state index in [2.05, 4.69) is 99.9 Å². The first-order valence-corrected chi connectivity index (χ1v) is 17.7. The van der Waals surface area contributed by atoms with Gasteiger partial charge in [-0.1, -0.05) is 48.5 Å². The lowest BCUT2D eigenvalue weighted by molar-refractivity contribution is 0.516. The van der Waals surface area contributed by atoms with E-state index >= 15 is 0 Å². The zero-order valence-corrected chi connectivity index (χ0v) is 20.7. The van der Waals surface area contributed by atoms with Crippen molar-refractivity contribution < 1.29 is 8.85 Å². The smallest absolute Gasteiger partial charge is 0.242 e. The highest BCUT2D eigenvalue weighted by molar-refractivity contribution is 6.70. The van der Waals surface area contributed by atoms with Crippen LogP contribution in [0, 0.1) is 0 Å². The van der Waals surface area contributed by atoms with Crippen LogP contribution in [-0.4, -0.2) is 16.6 Å². The van der Waals surface area contributed by atoms with Gasteiger partial charge in [0, 0.05) is 23.0 Å². The van der Waals surface area contributed by atoms with Gasteiger partial charge in [-0.3, -0.25) is 0 Å². The van der Waals surface area contributed by atoms with Crippen molar-refractivity contribution in [1.82, 2.24) is 0 Å². The summed E-state index contributed by atoms with van der Waals surface area (Å²) in [6, 6.07) is 22.2. The van der Waals surface area contributed by atoms with Crippen molar-refractivity contribution >= 4 is 16.6 Å². The lowest BCUT2D eigenvalue weighted by Gasteiger charge is -2.44. The van der Waals surface area contributed by atoms with Crippen LogP contribution >= 0.6 is 0 Å². The Morgan fingerprint density at radius 1 is 0.500 bits per heavy atom. The third-order valence-corrected chi connectivity index (χ3v) is 7.52. The first kappa shape index (κ1) is 19.6. The topological polar surface area (TPSA) is 18.5 Å². The molecule has 0 saturated carbocycles. The van der Waals surface area contributed by atoms with Crippen molar-refractivity contribution in [3.63, 3.8) is 0 Å². The Labute approximate surface area is 182 Å². The molecule has 0 N–H and O–H groups in total. The largest absolute Gasteiger partial charge is 0.544 e. The van der Waals surface area contributed by atoms with Crippen LogP contribution in [0.2, 0.25) is 39.3 Å². The molecule has 4 heteroatoms.